The molecule has 1 fully saturated rings. The number of nitrogens with two attached hydrogens (primary N) is 1. The summed E-state index contributed by atoms with van der Waals surface area (Å²) in [6.07, 6.45) is 0.980. The number of aromatic amines is 1. The average molecular weight is 341 g/mol. The van der Waals surface area contributed by atoms with Gasteiger partial charge in [0, 0.05) is 12.6 Å². The van der Waals surface area contributed by atoms with Crippen molar-refractivity contribution in [3.63, 3.8) is 0 Å². The summed E-state index contributed by atoms with van der Waals surface area (Å²) in [5.74, 6) is 1.20. The van der Waals surface area contributed by atoms with Gasteiger partial charge < -0.3 is 26.1 Å². The maximum atomic E-state index is 12.5. The van der Waals surface area contributed by atoms with E-state index in [2.05, 4.69) is 25.6 Å². The van der Waals surface area contributed by atoms with Crippen LogP contribution in [0.1, 0.15) is 6.42 Å². The van der Waals surface area contributed by atoms with Gasteiger partial charge in [-0.15, -0.1) is 0 Å². The third-order valence-electron chi connectivity index (χ3n) is 4.28. The van der Waals surface area contributed by atoms with Gasteiger partial charge in [-0.1, -0.05) is 12.1 Å². The first-order valence-electron chi connectivity index (χ1n) is 8.06. The van der Waals surface area contributed by atoms with E-state index < -0.39 is 0 Å². The standard InChI is InChI=1S/C16H19N7O2/c1-25-11-5-3-2-4-10(11)23-14-12(20-16(23)24)13(17)21-15(22-14)19-9-6-7-18-8-9/h2-5,9,18H,6-8H2,1H3,(H,20,24)(H3,17,19,21,22)/t9-/m1/s1. The molecule has 1 aliphatic rings. The second kappa shape index (κ2) is 6.10. The number of aromatic nitrogens is 4. The normalized spacial score (nSPS) is 17.1. The summed E-state index contributed by atoms with van der Waals surface area (Å²) < 4.78 is 6.82. The largest absolute Gasteiger partial charge is 0.495 e. The van der Waals surface area contributed by atoms with Gasteiger partial charge in [0.15, 0.2) is 11.5 Å². The van der Waals surface area contributed by atoms with E-state index in [1.165, 1.54) is 4.57 Å². The summed E-state index contributed by atoms with van der Waals surface area (Å²) in [6, 6.07) is 7.49. The van der Waals surface area contributed by atoms with Crippen molar-refractivity contribution in [2.24, 2.45) is 0 Å². The predicted molar refractivity (Wildman–Crippen MR) is 95.3 cm³/mol. The molecule has 0 unspecified atom stereocenters. The molecule has 9 heteroatoms. The fraction of sp³-hybridized carbons (Fsp3) is 0.312. The molecule has 5 N–H and O–H groups in total. The molecule has 0 aliphatic carbocycles. The lowest BCUT2D eigenvalue weighted by atomic mass is 10.3. The molecule has 0 saturated carbocycles. The molecule has 1 saturated heterocycles. The van der Waals surface area contributed by atoms with Crippen molar-refractivity contribution < 1.29 is 4.74 Å². The second-order valence-electron chi connectivity index (χ2n) is 5.90. The molecule has 0 bridgehead atoms. The van der Waals surface area contributed by atoms with Gasteiger partial charge in [0.05, 0.1) is 12.8 Å². The van der Waals surface area contributed by atoms with Crippen molar-refractivity contribution in [3.8, 4) is 11.4 Å². The van der Waals surface area contributed by atoms with Crippen molar-refractivity contribution in [1.82, 2.24) is 24.8 Å². The molecule has 0 radical (unpaired) electrons. The summed E-state index contributed by atoms with van der Waals surface area (Å²) in [7, 11) is 1.56. The Morgan fingerprint density at radius 3 is 2.96 bits per heavy atom. The molecule has 0 amide bonds. The number of rotatable bonds is 4. The zero-order valence-corrected chi connectivity index (χ0v) is 13.7. The van der Waals surface area contributed by atoms with Crippen molar-refractivity contribution in [2.45, 2.75) is 12.5 Å². The van der Waals surface area contributed by atoms with Gasteiger partial charge in [-0.3, -0.25) is 0 Å². The monoisotopic (exact) mass is 341 g/mol. The molecule has 9 nitrogen and oxygen atoms in total. The highest BCUT2D eigenvalue weighted by Gasteiger charge is 2.20. The Labute approximate surface area is 143 Å². The summed E-state index contributed by atoms with van der Waals surface area (Å²) in [4.78, 5) is 24.0. The van der Waals surface area contributed by atoms with Crippen LogP contribution < -0.4 is 26.8 Å². The number of nitrogens with one attached hydrogen (secondary N) is 3. The van der Waals surface area contributed by atoms with Crippen LogP contribution in [-0.4, -0.2) is 45.8 Å². The van der Waals surface area contributed by atoms with Gasteiger partial charge in [0.1, 0.15) is 11.3 Å². The number of nitrogen functional groups attached to an aromatic ring is 1. The average Bonchev–Trinajstić information content (AvgIpc) is 3.22. The highest BCUT2D eigenvalue weighted by atomic mass is 16.5. The van der Waals surface area contributed by atoms with Crippen LogP contribution in [0.2, 0.25) is 0 Å². The van der Waals surface area contributed by atoms with Crippen molar-refractivity contribution in [3.05, 3.63) is 34.7 Å². The number of benzene rings is 1. The first-order chi connectivity index (χ1) is 12.2. The number of fused-ring (bicyclic) bond motifs is 1. The number of ether oxygens (including phenoxy) is 1. The number of methoxy groups -OCH3 is 1. The molecular weight excluding hydrogens is 322 g/mol. The Morgan fingerprint density at radius 1 is 1.36 bits per heavy atom. The topological polar surface area (TPSA) is 123 Å². The zero-order valence-electron chi connectivity index (χ0n) is 13.7. The second-order valence-corrected chi connectivity index (χ2v) is 5.90. The minimum atomic E-state index is -0.347. The molecule has 1 aliphatic heterocycles. The molecule has 25 heavy (non-hydrogen) atoms. The van der Waals surface area contributed by atoms with Crippen LogP contribution in [0.25, 0.3) is 16.9 Å². The Balaban J connectivity index is 1.87. The highest BCUT2D eigenvalue weighted by Crippen LogP contribution is 2.25. The molecule has 1 atom stereocenters. The Kier molecular flexibility index (Phi) is 3.77. The lowest BCUT2D eigenvalue weighted by molar-refractivity contribution is 0.413. The Morgan fingerprint density at radius 2 is 2.20 bits per heavy atom. The van der Waals surface area contributed by atoms with E-state index in [4.69, 9.17) is 10.5 Å². The summed E-state index contributed by atoms with van der Waals surface area (Å²) in [6.45, 7) is 1.79. The van der Waals surface area contributed by atoms with Crippen LogP contribution in [0.5, 0.6) is 5.75 Å². The number of nitrogens with zero attached hydrogens (tertiary/aromatic N) is 3. The first-order valence-corrected chi connectivity index (χ1v) is 8.06. The fourth-order valence-electron chi connectivity index (χ4n) is 3.07. The van der Waals surface area contributed by atoms with Crippen LogP contribution in [0.4, 0.5) is 11.8 Å². The molecule has 3 aromatic rings. The SMILES string of the molecule is COc1ccccc1-n1c(=O)[nH]c2c(N)nc(N[C@@H]3CCNC3)nc21. The Hall–Kier alpha value is -3.07. The molecular formula is C16H19N7O2. The first kappa shape index (κ1) is 15.5. The van der Waals surface area contributed by atoms with E-state index in [1.54, 1.807) is 19.2 Å². The number of hydrogen-bond donors (Lipinski definition) is 4. The van der Waals surface area contributed by atoms with Crippen molar-refractivity contribution in [1.29, 1.82) is 0 Å². The number of anilines is 2. The van der Waals surface area contributed by atoms with Gasteiger partial charge in [-0.2, -0.15) is 9.97 Å². The maximum absolute atomic E-state index is 12.5. The number of H-pyrrole nitrogens is 1. The minimum absolute atomic E-state index is 0.226. The molecule has 0 spiro atoms. The predicted octanol–water partition coefficient (Wildman–Crippen LogP) is 0.473. The van der Waals surface area contributed by atoms with Crippen LogP contribution in [-0.2, 0) is 0 Å². The van der Waals surface area contributed by atoms with E-state index in [0.29, 0.717) is 28.5 Å². The molecule has 1 aromatic carbocycles. The number of hydrogen-bond acceptors (Lipinski definition) is 7. The van der Waals surface area contributed by atoms with E-state index >= 15 is 0 Å². The summed E-state index contributed by atoms with van der Waals surface area (Å²) >= 11 is 0. The molecule has 130 valence electrons. The maximum Gasteiger partial charge on any atom is 0.332 e. The van der Waals surface area contributed by atoms with Crippen molar-refractivity contribution >= 4 is 22.9 Å². The van der Waals surface area contributed by atoms with E-state index in [9.17, 15) is 4.79 Å². The third-order valence-corrected chi connectivity index (χ3v) is 4.28. The molecule has 4 rings (SSSR count). The summed E-state index contributed by atoms with van der Waals surface area (Å²) in [5.41, 5.74) is 7.11. The fourth-order valence-corrected chi connectivity index (χ4v) is 3.07. The lowest BCUT2D eigenvalue weighted by Crippen LogP contribution is -2.23. The number of para-hydroxylation sites is 2. The smallest absolute Gasteiger partial charge is 0.332 e. The zero-order chi connectivity index (χ0) is 17.4. The van der Waals surface area contributed by atoms with Crippen LogP contribution in [0.3, 0.4) is 0 Å². The Bertz CT molecular complexity index is 972. The van der Waals surface area contributed by atoms with Crippen LogP contribution >= 0.6 is 0 Å². The van der Waals surface area contributed by atoms with Gasteiger partial charge in [-0.25, -0.2) is 9.36 Å². The van der Waals surface area contributed by atoms with Gasteiger partial charge >= 0.3 is 5.69 Å². The minimum Gasteiger partial charge on any atom is -0.495 e. The van der Waals surface area contributed by atoms with Gasteiger partial charge in [0.2, 0.25) is 5.95 Å². The van der Waals surface area contributed by atoms with Crippen LogP contribution in [0.15, 0.2) is 29.1 Å². The lowest BCUT2D eigenvalue weighted by Gasteiger charge is -2.12. The van der Waals surface area contributed by atoms with Crippen molar-refractivity contribution in [2.75, 3.05) is 31.2 Å². The van der Waals surface area contributed by atoms with E-state index in [0.717, 1.165) is 19.5 Å². The van der Waals surface area contributed by atoms with Crippen LogP contribution in [0, 0.1) is 0 Å². The number of imidazole rings is 1. The van der Waals surface area contributed by atoms with E-state index in [-0.39, 0.29) is 17.5 Å². The van der Waals surface area contributed by atoms with Gasteiger partial charge in [0.25, 0.3) is 0 Å². The highest BCUT2D eigenvalue weighted by molar-refractivity contribution is 5.84. The molecule has 3 heterocycles. The van der Waals surface area contributed by atoms with Gasteiger partial charge in [-0.05, 0) is 25.1 Å². The third kappa shape index (κ3) is 2.68. The quantitative estimate of drug-likeness (QED) is 0.544. The summed E-state index contributed by atoms with van der Waals surface area (Å²) in [5, 5.41) is 6.54. The van der Waals surface area contributed by atoms with E-state index in [1.807, 2.05) is 12.1 Å². The molecule has 2 aromatic heterocycles.